The van der Waals surface area contributed by atoms with Crippen LogP contribution in [-0.4, -0.2) is 65.3 Å². The van der Waals surface area contributed by atoms with Crippen LogP contribution in [0.4, 0.5) is 5.69 Å². The first-order chi connectivity index (χ1) is 18.4. The lowest BCUT2D eigenvalue weighted by molar-refractivity contribution is 0.0481. The van der Waals surface area contributed by atoms with Crippen molar-refractivity contribution in [1.82, 2.24) is 9.62 Å². The molecule has 1 N–H and O–H groups in total. The van der Waals surface area contributed by atoms with E-state index in [1.807, 2.05) is 30.3 Å². The third-order valence-electron chi connectivity index (χ3n) is 7.61. The minimum absolute atomic E-state index is 0.0522. The Hall–Kier alpha value is -2.52. The molecule has 0 aliphatic carbocycles. The number of sulfonamides is 1. The average molecular weight is 558 g/mol. The van der Waals surface area contributed by atoms with Crippen molar-refractivity contribution in [2.24, 2.45) is 5.92 Å². The van der Waals surface area contributed by atoms with Crippen LogP contribution in [0.15, 0.2) is 59.5 Å². The number of hydrogen-bond donors (Lipinski definition) is 1. The van der Waals surface area contributed by atoms with Gasteiger partial charge in [0.25, 0.3) is 0 Å². The van der Waals surface area contributed by atoms with Crippen molar-refractivity contribution in [2.75, 3.05) is 50.8 Å². The summed E-state index contributed by atoms with van der Waals surface area (Å²) in [6.07, 6.45) is 1.81. The third kappa shape index (κ3) is 5.88. The molecule has 2 heterocycles. The van der Waals surface area contributed by atoms with Gasteiger partial charge in [-0.25, -0.2) is 13.1 Å². The normalized spacial score (nSPS) is 18.6. The smallest absolute Gasteiger partial charge is 0.241 e. The average Bonchev–Trinajstić information content (AvgIpc) is 2.93. The van der Waals surface area contributed by atoms with E-state index in [4.69, 9.17) is 21.1 Å². The van der Waals surface area contributed by atoms with Crippen molar-refractivity contribution in [3.63, 3.8) is 0 Å². The minimum Gasteiger partial charge on any atom is -0.486 e. The number of halogens is 1. The van der Waals surface area contributed by atoms with E-state index < -0.39 is 10.0 Å². The molecule has 204 valence electrons. The van der Waals surface area contributed by atoms with Crippen LogP contribution in [-0.2, 0) is 10.0 Å². The third-order valence-corrected chi connectivity index (χ3v) is 9.32. The summed E-state index contributed by atoms with van der Waals surface area (Å²) in [4.78, 5) is 4.96. The van der Waals surface area contributed by atoms with Gasteiger partial charge in [-0.2, -0.15) is 0 Å². The van der Waals surface area contributed by atoms with Gasteiger partial charge in [0.2, 0.25) is 10.0 Å². The SMILES string of the molecule is CCN(CC)c1cccc2c(S(=O)(=O)NCC3CCN(CC4COc5ccc(Cl)cc5O4)CC3)cccc12. The summed E-state index contributed by atoms with van der Waals surface area (Å²) in [6, 6.07) is 16.9. The molecular weight excluding hydrogens is 522 g/mol. The van der Waals surface area contributed by atoms with Gasteiger partial charge in [0, 0.05) is 53.7 Å². The molecule has 7 nitrogen and oxygen atoms in total. The van der Waals surface area contributed by atoms with E-state index in [1.165, 1.54) is 0 Å². The van der Waals surface area contributed by atoms with E-state index in [1.54, 1.807) is 18.2 Å². The second-order valence-corrected chi connectivity index (χ2v) is 12.2. The topological polar surface area (TPSA) is 71.1 Å². The Morgan fingerprint density at radius 2 is 1.74 bits per heavy atom. The fourth-order valence-corrected chi connectivity index (χ4v) is 6.98. The first-order valence-electron chi connectivity index (χ1n) is 13.5. The molecule has 5 rings (SSSR count). The Morgan fingerprint density at radius 3 is 2.50 bits per heavy atom. The number of hydrogen-bond acceptors (Lipinski definition) is 6. The highest BCUT2D eigenvalue weighted by molar-refractivity contribution is 7.89. The van der Waals surface area contributed by atoms with Crippen LogP contribution in [0.2, 0.25) is 5.02 Å². The van der Waals surface area contributed by atoms with Crippen molar-refractivity contribution in [3.8, 4) is 11.5 Å². The first kappa shape index (κ1) is 27.1. The van der Waals surface area contributed by atoms with Crippen LogP contribution in [0.25, 0.3) is 10.8 Å². The van der Waals surface area contributed by atoms with E-state index in [9.17, 15) is 8.42 Å². The highest BCUT2D eigenvalue weighted by Crippen LogP contribution is 2.35. The maximum Gasteiger partial charge on any atom is 0.241 e. The molecule has 9 heteroatoms. The quantitative estimate of drug-likeness (QED) is 0.391. The summed E-state index contributed by atoms with van der Waals surface area (Å²) in [6.45, 7) is 9.48. The van der Waals surface area contributed by atoms with Gasteiger partial charge in [0.15, 0.2) is 11.5 Å². The zero-order valence-corrected chi connectivity index (χ0v) is 23.6. The highest BCUT2D eigenvalue weighted by Gasteiger charge is 2.27. The van der Waals surface area contributed by atoms with Crippen molar-refractivity contribution in [1.29, 1.82) is 0 Å². The van der Waals surface area contributed by atoms with Crippen LogP contribution in [0, 0.1) is 5.92 Å². The number of nitrogens with zero attached hydrogens (tertiary/aromatic N) is 2. The van der Waals surface area contributed by atoms with E-state index >= 15 is 0 Å². The van der Waals surface area contributed by atoms with Crippen LogP contribution >= 0.6 is 11.6 Å². The van der Waals surface area contributed by atoms with Gasteiger partial charge in [-0.1, -0.05) is 35.9 Å². The number of benzene rings is 3. The Bertz CT molecular complexity index is 1370. The number of fused-ring (bicyclic) bond motifs is 2. The fourth-order valence-electron chi connectivity index (χ4n) is 5.48. The van der Waals surface area contributed by atoms with Gasteiger partial charge < -0.3 is 14.4 Å². The van der Waals surface area contributed by atoms with E-state index in [0.29, 0.717) is 34.7 Å². The van der Waals surface area contributed by atoms with Gasteiger partial charge in [-0.3, -0.25) is 4.90 Å². The summed E-state index contributed by atoms with van der Waals surface area (Å²) in [5.74, 6) is 1.72. The molecule has 1 unspecified atom stereocenters. The molecule has 0 bridgehead atoms. The van der Waals surface area contributed by atoms with Crippen molar-refractivity contribution < 1.29 is 17.9 Å². The maximum atomic E-state index is 13.4. The number of piperidine rings is 1. The molecule has 1 fully saturated rings. The van der Waals surface area contributed by atoms with Crippen LogP contribution < -0.4 is 19.1 Å². The van der Waals surface area contributed by atoms with Crippen molar-refractivity contribution in [3.05, 3.63) is 59.6 Å². The molecule has 1 saturated heterocycles. The molecule has 2 aliphatic heterocycles. The van der Waals surface area contributed by atoms with Gasteiger partial charge in [0.05, 0.1) is 4.90 Å². The van der Waals surface area contributed by atoms with Crippen molar-refractivity contribution in [2.45, 2.75) is 37.7 Å². The molecule has 0 saturated carbocycles. The van der Waals surface area contributed by atoms with Gasteiger partial charge >= 0.3 is 0 Å². The Kier molecular flexibility index (Phi) is 8.33. The Labute approximate surface area is 230 Å². The standard InChI is InChI=1S/C29H36ClN3O4S/c1-3-33(4-2)26-9-5-8-25-24(26)7-6-10-29(25)38(34,35)31-18-21-13-15-32(16-14-21)19-23-20-36-27-12-11-22(30)17-28(27)37-23/h5-12,17,21,23,31H,3-4,13-16,18-20H2,1-2H3. The Morgan fingerprint density at radius 1 is 1.00 bits per heavy atom. The highest BCUT2D eigenvalue weighted by atomic mass is 35.5. The van der Waals surface area contributed by atoms with Gasteiger partial charge in [0.1, 0.15) is 12.7 Å². The predicted octanol–water partition coefficient (Wildman–Crippen LogP) is 5.17. The van der Waals surface area contributed by atoms with Crippen LogP contribution in [0.3, 0.4) is 0 Å². The van der Waals surface area contributed by atoms with Crippen LogP contribution in [0.1, 0.15) is 26.7 Å². The molecule has 2 aliphatic rings. The van der Waals surface area contributed by atoms with Crippen molar-refractivity contribution >= 4 is 38.1 Å². The second kappa shape index (κ2) is 11.7. The maximum absolute atomic E-state index is 13.4. The van der Waals surface area contributed by atoms with Crippen LogP contribution in [0.5, 0.6) is 11.5 Å². The molecular formula is C29H36ClN3O4S. The molecule has 0 radical (unpaired) electrons. The molecule has 38 heavy (non-hydrogen) atoms. The summed E-state index contributed by atoms with van der Waals surface area (Å²) in [5, 5.41) is 2.35. The van der Waals surface area contributed by atoms with E-state index in [2.05, 4.69) is 34.4 Å². The van der Waals surface area contributed by atoms with Gasteiger partial charge in [-0.05, 0) is 70.0 Å². The number of ether oxygens (including phenoxy) is 2. The zero-order chi connectivity index (χ0) is 26.7. The first-order valence-corrected chi connectivity index (χ1v) is 15.3. The Balaban J connectivity index is 1.17. The monoisotopic (exact) mass is 557 g/mol. The summed E-state index contributed by atoms with van der Waals surface area (Å²) in [5.41, 5.74) is 1.07. The summed E-state index contributed by atoms with van der Waals surface area (Å²) < 4.78 is 41.6. The molecule has 1 atom stereocenters. The molecule has 3 aromatic carbocycles. The van der Waals surface area contributed by atoms with Gasteiger partial charge in [-0.15, -0.1) is 0 Å². The molecule has 0 spiro atoms. The second-order valence-electron chi connectivity index (χ2n) is 10.0. The molecule has 0 amide bonds. The lowest BCUT2D eigenvalue weighted by Gasteiger charge is -2.35. The minimum atomic E-state index is -3.64. The molecule has 0 aromatic heterocycles. The zero-order valence-electron chi connectivity index (χ0n) is 22.0. The predicted molar refractivity (Wildman–Crippen MR) is 153 cm³/mol. The number of likely N-dealkylation sites (tertiary alicyclic amines) is 1. The largest absolute Gasteiger partial charge is 0.486 e. The van der Waals surface area contributed by atoms with E-state index in [0.717, 1.165) is 67.8 Å². The summed E-state index contributed by atoms with van der Waals surface area (Å²) in [7, 11) is -3.64. The molecule has 3 aromatic rings. The summed E-state index contributed by atoms with van der Waals surface area (Å²) >= 11 is 6.10. The fraction of sp³-hybridized carbons (Fsp3) is 0.448. The number of anilines is 1. The lowest BCUT2D eigenvalue weighted by atomic mass is 9.97. The lowest BCUT2D eigenvalue weighted by Crippen LogP contribution is -2.45. The number of nitrogens with one attached hydrogen (secondary N) is 1. The van der Waals surface area contributed by atoms with E-state index in [-0.39, 0.29) is 6.10 Å². The number of rotatable bonds is 9.